The first-order valence-corrected chi connectivity index (χ1v) is 7.63. The van der Waals surface area contributed by atoms with E-state index in [-0.39, 0.29) is 5.41 Å². The number of aryl methyl sites for hydroxylation is 1. The molecular weight excluding hydrogens is 286 g/mol. The fraction of sp³-hybridized carbons (Fsp3) is 0.500. The van der Waals surface area contributed by atoms with Crippen molar-refractivity contribution in [2.75, 3.05) is 6.54 Å². The number of hydrogen-bond acceptors (Lipinski definition) is 4. The molecule has 0 spiro atoms. The number of halogens is 1. The molecule has 0 unspecified atom stereocenters. The Balaban J connectivity index is 1.94. The molecule has 0 fully saturated rings. The molecule has 0 atom stereocenters. The Hall–Kier alpha value is -1.39. The number of rotatable bonds is 7. The van der Waals surface area contributed by atoms with Crippen LogP contribution in [0.3, 0.4) is 0 Å². The van der Waals surface area contributed by atoms with Gasteiger partial charge in [0.05, 0.1) is 0 Å². The molecule has 5 heteroatoms. The van der Waals surface area contributed by atoms with Crippen molar-refractivity contribution < 1.29 is 4.52 Å². The van der Waals surface area contributed by atoms with Gasteiger partial charge < -0.3 is 10.3 Å². The van der Waals surface area contributed by atoms with Crippen LogP contribution in [-0.2, 0) is 12.8 Å². The average Bonchev–Trinajstić information content (AvgIpc) is 2.87. The number of aromatic nitrogens is 2. The van der Waals surface area contributed by atoms with Crippen molar-refractivity contribution in [2.45, 2.75) is 39.5 Å². The van der Waals surface area contributed by atoms with Crippen molar-refractivity contribution in [2.24, 2.45) is 11.1 Å². The van der Waals surface area contributed by atoms with E-state index in [1.54, 1.807) is 0 Å². The predicted octanol–water partition coefficient (Wildman–Crippen LogP) is 3.62. The van der Waals surface area contributed by atoms with Crippen LogP contribution in [0.5, 0.6) is 0 Å². The summed E-state index contributed by atoms with van der Waals surface area (Å²) in [7, 11) is 0. The Morgan fingerprint density at radius 1 is 1.24 bits per heavy atom. The molecule has 0 bridgehead atoms. The molecule has 4 nitrogen and oxygen atoms in total. The second kappa shape index (κ2) is 7.05. The van der Waals surface area contributed by atoms with Crippen LogP contribution in [0.15, 0.2) is 28.8 Å². The monoisotopic (exact) mass is 307 g/mol. The van der Waals surface area contributed by atoms with E-state index < -0.39 is 0 Å². The number of hydrogen-bond donors (Lipinski definition) is 1. The van der Waals surface area contributed by atoms with Crippen LogP contribution in [0.2, 0.25) is 5.02 Å². The van der Waals surface area contributed by atoms with Gasteiger partial charge in [-0.25, -0.2) is 0 Å². The minimum Gasteiger partial charge on any atom is -0.339 e. The average molecular weight is 308 g/mol. The van der Waals surface area contributed by atoms with Crippen LogP contribution in [0, 0.1) is 5.41 Å². The van der Waals surface area contributed by atoms with E-state index in [4.69, 9.17) is 21.9 Å². The van der Waals surface area contributed by atoms with E-state index in [2.05, 4.69) is 24.0 Å². The van der Waals surface area contributed by atoms with Gasteiger partial charge in [-0.2, -0.15) is 4.98 Å². The molecule has 0 saturated carbocycles. The Morgan fingerprint density at radius 2 is 2.00 bits per heavy atom. The number of benzene rings is 1. The molecule has 1 heterocycles. The van der Waals surface area contributed by atoms with Gasteiger partial charge in [0.25, 0.3) is 0 Å². The Morgan fingerprint density at radius 3 is 2.71 bits per heavy atom. The SMILES string of the molecule is CC(C)(CCN)CCc1nc(Cc2ccccc2Cl)no1. The maximum atomic E-state index is 6.14. The molecule has 0 amide bonds. The molecule has 2 N–H and O–H groups in total. The van der Waals surface area contributed by atoms with Gasteiger partial charge in [0.15, 0.2) is 5.82 Å². The summed E-state index contributed by atoms with van der Waals surface area (Å²) >= 11 is 6.14. The van der Waals surface area contributed by atoms with E-state index in [1.807, 2.05) is 24.3 Å². The van der Waals surface area contributed by atoms with Crippen molar-refractivity contribution in [3.05, 3.63) is 46.6 Å². The Bertz CT molecular complexity index is 580. The third-order valence-corrected chi connectivity index (χ3v) is 4.02. The largest absolute Gasteiger partial charge is 0.339 e. The Kier molecular flexibility index (Phi) is 5.37. The number of nitrogens with zero attached hydrogens (tertiary/aromatic N) is 2. The lowest BCUT2D eigenvalue weighted by Crippen LogP contribution is -2.17. The van der Waals surface area contributed by atoms with Crippen LogP contribution < -0.4 is 5.73 Å². The van der Waals surface area contributed by atoms with E-state index in [1.165, 1.54) is 0 Å². The summed E-state index contributed by atoms with van der Waals surface area (Å²) < 4.78 is 5.31. The molecule has 21 heavy (non-hydrogen) atoms. The van der Waals surface area contributed by atoms with Gasteiger partial charge in [0.2, 0.25) is 5.89 Å². The zero-order chi connectivity index (χ0) is 15.3. The molecule has 0 aliphatic heterocycles. The van der Waals surface area contributed by atoms with Gasteiger partial charge in [-0.05, 0) is 36.4 Å². The molecule has 2 aromatic rings. The van der Waals surface area contributed by atoms with Gasteiger partial charge in [-0.15, -0.1) is 0 Å². The first-order valence-electron chi connectivity index (χ1n) is 7.25. The maximum Gasteiger partial charge on any atom is 0.226 e. The molecule has 0 saturated heterocycles. The maximum absolute atomic E-state index is 6.14. The first-order chi connectivity index (χ1) is 10.00. The highest BCUT2D eigenvalue weighted by Crippen LogP contribution is 2.26. The molecular formula is C16H22ClN3O. The lowest BCUT2D eigenvalue weighted by atomic mass is 9.84. The van der Waals surface area contributed by atoms with Crippen LogP contribution in [0.4, 0.5) is 0 Å². The van der Waals surface area contributed by atoms with Crippen LogP contribution in [0.25, 0.3) is 0 Å². The third kappa shape index (κ3) is 4.83. The molecule has 2 rings (SSSR count). The fourth-order valence-corrected chi connectivity index (χ4v) is 2.44. The van der Waals surface area contributed by atoms with Gasteiger partial charge in [0.1, 0.15) is 0 Å². The quantitative estimate of drug-likeness (QED) is 0.848. The minimum absolute atomic E-state index is 0.201. The summed E-state index contributed by atoms with van der Waals surface area (Å²) in [6.45, 7) is 5.12. The van der Waals surface area contributed by atoms with E-state index in [0.29, 0.717) is 24.7 Å². The van der Waals surface area contributed by atoms with Crippen LogP contribution in [-0.4, -0.2) is 16.7 Å². The topological polar surface area (TPSA) is 64.9 Å². The van der Waals surface area contributed by atoms with Crippen LogP contribution in [0.1, 0.15) is 44.0 Å². The summed E-state index contributed by atoms with van der Waals surface area (Å²) in [5, 5.41) is 4.76. The van der Waals surface area contributed by atoms with Gasteiger partial charge in [-0.3, -0.25) is 0 Å². The smallest absolute Gasteiger partial charge is 0.226 e. The molecule has 1 aromatic heterocycles. The summed E-state index contributed by atoms with van der Waals surface area (Å²) in [6.07, 6.45) is 3.35. The predicted molar refractivity (Wildman–Crippen MR) is 84.3 cm³/mol. The lowest BCUT2D eigenvalue weighted by Gasteiger charge is -2.22. The highest BCUT2D eigenvalue weighted by molar-refractivity contribution is 6.31. The number of nitrogens with two attached hydrogens (primary N) is 1. The van der Waals surface area contributed by atoms with Crippen molar-refractivity contribution in [1.29, 1.82) is 0 Å². The zero-order valence-corrected chi connectivity index (χ0v) is 13.4. The lowest BCUT2D eigenvalue weighted by molar-refractivity contribution is 0.289. The van der Waals surface area contributed by atoms with Crippen molar-refractivity contribution in [3.8, 4) is 0 Å². The summed E-state index contributed by atoms with van der Waals surface area (Å²) in [4.78, 5) is 4.44. The van der Waals surface area contributed by atoms with E-state index >= 15 is 0 Å². The second-order valence-corrected chi connectivity index (χ2v) is 6.48. The first kappa shape index (κ1) is 16.0. The minimum atomic E-state index is 0.201. The highest BCUT2D eigenvalue weighted by Gasteiger charge is 2.18. The fourth-order valence-electron chi connectivity index (χ4n) is 2.24. The summed E-state index contributed by atoms with van der Waals surface area (Å²) in [5.74, 6) is 1.36. The molecule has 0 aliphatic rings. The molecule has 1 aromatic carbocycles. The molecule has 114 valence electrons. The van der Waals surface area contributed by atoms with Crippen molar-refractivity contribution >= 4 is 11.6 Å². The highest BCUT2D eigenvalue weighted by atomic mass is 35.5. The van der Waals surface area contributed by atoms with E-state index in [0.717, 1.165) is 29.8 Å². The van der Waals surface area contributed by atoms with Gasteiger partial charge >= 0.3 is 0 Å². The van der Waals surface area contributed by atoms with Crippen molar-refractivity contribution in [3.63, 3.8) is 0 Å². The zero-order valence-electron chi connectivity index (χ0n) is 12.6. The van der Waals surface area contributed by atoms with Gasteiger partial charge in [-0.1, -0.05) is 48.8 Å². The van der Waals surface area contributed by atoms with Crippen LogP contribution >= 0.6 is 11.6 Å². The van der Waals surface area contributed by atoms with Gasteiger partial charge in [0, 0.05) is 17.9 Å². The normalized spacial score (nSPS) is 11.8. The van der Waals surface area contributed by atoms with Crippen molar-refractivity contribution in [1.82, 2.24) is 10.1 Å². The molecule has 0 aliphatic carbocycles. The third-order valence-electron chi connectivity index (χ3n) is 3.65. The summed E-state index contributed by atoms with van der Waals surface area (Å²) in [6, 6.07) is 7.71. The van der Waals surface area contributed by atoms with E-state index in [9.17, 15) is 0 Å². The molecule has 0 radical (unpaired) electrons. The standard InChI is InChI=1S/C16H22ClN3O/c1-16(2,9-10-18)8-7-15-19-14(20-21-15)11-12-5-3-4-6-13(12)17/h3-6H,7-11,18H2,1-2H3. The second-order valence-electron chi connectivity index (χ2n) is 6.08. The Labute approximate surface area is 130 Å². The summed E-state index contributed by atoms with van der Waals surface area (Å²) in [5.41, 5.74) is 6.83.